The van der Waals surface area contributed by atoms with Gasteiger partial charge >= 0.3 is 6.03 Å². The van der Waals surface area contributed by atoms with Crippen LogP contribution in [0.5, 0.6) is 5.75 Å². The Morgan fingerprint density at radius 1 is 1.30 bits per heavy atom. The van der Waals surface area contributed by atoms with E-state index in [9.17, 15) is 4.79 Å². The quantitative estimate of drug-likeness (QED) is 0.836. The Morgan fingerprint density at radius 3 is 2.48 bits per heavy atom. The van der Waals surface area contributed by atoms with Crippen molar-refractivity contribution >= 4 is 6.03 Å². The zero-order chi connectivity index (χ0) is 19.4. The number of piperidine rings is 1. The second kappa shape index (κ2) is 8.62. The number of nitrogens with zero attached hydrogens (tertiary/aromatic N) is 3. The van der Waals surface area contributed by atoms with E-state index in [1.165, 1.54) is 12.8 Å². The number of amides is 2. The summed E-state index contributed by atoms with van der Waals surface area (Å²) in [4.78, 5) is 16.8. The molecule has 1 aromatic carbocycles. The lowest BCUT2D eigenvalue weighted by atomic mass is 9.91. The predicted molar refractivity (Wildman–Crippen MR) is 105 cm³/mol. The van der Waals surface area contributed by atoms with E-state index in [2.05, 4.69) is 16.3 Å². The number of urea groups is 1. The van der Waals surface area contributed by atoms with Crippen LogP contribution < -0.4 is 10.1 Å². The van der Waals surface area contributed by atoms with Crippen molar-refractivity contribution < 1.29 is 9.53 Å². The maximum absolute atomic E-state index is 12.4. The average Bonchev–Trinajstić information content (AvgIpc) is 2.91. The summed E-state index contributed by atoms with van der Waals surface area (Å²) in [5.74, 6) is 1.89. The van der Waals surface area contributed by atoms with Gasteiger partial charge in [-0.2, -0.15) is 5.26 Å². The van der Waals surface area contributed by atoms with Crippen molar-refractivity contribution in [2.75, 3.05) is 33.3 Å². The molecular formula is C21H30N4O2. The van der Waals surface area contributed by atoms with Gasteiger partial charge in [0.05, 0.1) is 11.6 Å². The van der Waals surface area contributed by atoms with Crippen LogP contribution in [0.25, 0.3) is 0 Å². The number of hydrogen-bond acceptors (Lipinski definition) is 4. The van der Waals surface area contributed by atoms with Crippen molar-refractivity contribution in [1.82, 2.24) is 15.1 Å². The average molecular weight is 370 g/mol. The summed E-state index contributed by atoms with van der Waals surface area (Å²) in [5.41, 5.74) is 0.645. The molecule has 0 aromatic heterocycles. The molecule has 1 saturated heterocycles. The van der Waals surface area contributed by atoms with E-state index >= 15 is 0 Å². The Hall–Kier alpha value is -2.26. The number of ether oxygens (including phenoxy) is 1. The number of hydrogen-bond donors (Lipinski definition) is 1. The molecule has 146 valence electrons. The first kappa shape index (κ1) is 19.5. The van der Waals surface area contributed by atoms with E-state index in [0.717, 1.165) is 25.4 Å². The van der Waals surface area contributed by atoms with Crippen LogP contribution >= 0.6 is 0 Å². The first-order valence-electron chi connectivity index (χ1n) is 9.86. The van der Waals surface area contributed by atoms with Gasteiger partial charge in [0.1, 0.15) is 12.4 Å². The molecule has 2 atom stereocenters. The molecule has 2 aliphatic rings. The molecule has 2 unspecified atom stereocenters. The highest BCUT2D eigenvalue weighted by Crippen LogP contribution is 2.39. The van der Waals surface area contributed by atoms with Crippen LogP contribution in [0, 0.1) is 23.2 Å². The van der Waals surface area contributed by atoms with E-state index in [-0.39, 0.29) is 12.1 Å². The lowest BCUT2D eigenvalue weighted by Gasteiger charge is -2.42. The molecule has 1 N–H and O–H groups in total. The number of nitrogens with one attached hydrogen (secondary N) is 1. The molecule has 2 amide bonds. The third kappa shape index (κ3) is 4.72. The standard InChI is InChI=1S/C21H30N4O2/c1-15(2)23-21(26)24(3)20-17-6-7-18(20)14-25(13-17)10-11-27-19-8-4-16(12-22)5-9-19/h4-5,8-9,15,17-18,20H,6-7,10-11,13-14H2,1-3H3,(H,23,26). The van der Waals surface area contributed by atoms with E-state index < -0.39 is 0 Å². The molecule has 2 bridgehead atoms. The zero-order valence-corrected chi connectivity index (χ0v) is 16.5. The molecule has 3 rings (SSSR count). The molecule has 0 spiro atoms. The lowest BCUT2D eigenvalue weighted by molar-refractivity contribution is 0.0682. The molecule has 1 aliphatic carbocycles. The van der Waals surface area contributed by atoms with Crippen molar-refractivity contribution in [3.63, 3.8) is 0 Å². The number of carbonyl (C=O) groups excluding carboxylic acids is 1. The zero-order valence-electron chi connectivity index (χ0n) is 16.5. The summed E-state index contributed by atoms with van der Waals surface area (Å²) < 4.78 is 5.83. The molecule has 6 heteroatoms. The Bertz CT molecular complexity index is 668. The van der Waals surface area contributed by atoms with Gasteiger partial charge in [-0.15, -0.1) is 0 Å². The SMILES string of the molecule is CC(C)NC(=O)N(C)C1C2CCC1CN(CCOc1ccc(C#N)cc1)C2. The van der Waals surface area contributed by atoms with Crippen molar-refractivity contribution in [1.29, 1.82) is 5.26 Å². The summed E-state index contributed by atoms with van der Waals surface area (Å²) in [5, 5.41) is 11.9. The molecule has 6 nitrogen and oxygen atoms in total. The topological polar surface area (TPSA) is 68.6 Å². The van der Waals surface area contributed by atoms with Gasteiger partial charge in [-0.3, -0.25) is 4.90 Å². The van der Waals surface area contributed by atoms with E-state index in [1.807, 2.05) is 37.9 Å². The van der Waals surface area contributed by atoms with Crippen LogP contribution in [0.2, 0.25) is 0 Å². The predicted octanol–water partition coefficient (Wildman–Crippen LogP) is 2.70. The normalized spacial score (nSPS) is 24.5. The minimum atomic E-state index is 0.0458. The first-order chi connectivity index (χ1) is 13.0. The maximum atomic E-state index is 12.4. The fraction of sp³-hybridized carbons (Fsp3) is 0.619. The van der Waals surface area contributed by atoms with Crippen molar-refractivity contribution in [3.8, 4) is 11.8 Å². The minimum absolute atomic E-state index is 0.0458. The summed E-state index contributed by atoms with van der Waals surface area (Å²) >= 11 is 0. The number of carbonyl (C=O) groups is 1. The molecule has 27 heavy (non-hydrogen) atoms. The molecule has 1 aliphatic heterocycles. The highest BCUT2D eigenvalue weighted by atomic mass is 16.5. The largest absolute Gasteiger partial charge is 0.492 e. The molecule has 0 radical (unpaired) electrons. The lowest BCUT2D eigenvalue weighted by Crippen LogP contribution is -2.56. The van der Waals surface area contributed by atoms with Gasteiger partial charge in [-0.05, 0) is 62.8 Å². The maximum Gasteiger partial charge on any atom is 0.317 e. The Morgan fingerprint density at radius 2 is 1.93 bits per heavy atom. The van der Waals surface area contributed by atoms with Crippen molar-refractivity contribution in [2.45, 2.75) is 38.8 Å². The second-order valence-corrected chi connectivity index (χ2v) is 8.05. The molecular weight excluding hydrogens is 340 g/mol. The molecule has 2 fully saturated rings. The van der Waals surface area contributed by atoms with Gasteiger partial charge in [0, 0.05) is 38.8 Å². The van der Waals surface area contributed by atoms with Crippen LogP contribution in [-0.4, -0.2) is 61.2 Å². The summed E-state index contributed by atoms with van der Waals surface area (Å²) in [6.45, 7) is 7.57. The number of fused-ring (bicyclic) bond motifs is 2. The third-order valence-corrected chi connectivity index (χ3v) is 5.70. The Kier molecular flexibility index (Phi) is 6.22. The summed E-state index contributed by atoms with van der Waals surface area (Å²) in [6, 6.07) is 9.91. The van der Waals surface area contributed by atoms with Crippen LogP contribution in [0.1, 0.15) is 32.3 Å². The van der Waals surface area contributed by atoms with Gasteiger partial charge in [0.2, 0.25) is 0 Å². The molecule has 1 saturated carbocycles. The van der Waals surface area contributed by atoms with Gasteiger partial charge in [0.15, 0.2) is 0 Å². The minimum Gasteiger partial charge on any atom is -0.492 e. The Balaban J connectivity index is 1.48. The summed E-state index contributed by atoms with van der Waals surface area (Å²) in [7, 11) is 1.94. The summed E-state index contributed by atoms with van der Waals surface area (Å²) in [6.07, 6.45) is 2.39. The number of rotatable bonds is 6. The molecule has 1 heterocycles. The Labute approximate surface area is 162 Å². The van der Waals surface area contributed by atoms with Gasteiger partial charge in [0.25, 0.3) is 0 Å². The number of benzene rings is 1. The number of nitriles is 1. The van der Waals surface area contributed by atoms with Gasteiger partial charge in [-0.25, -0.2) is 4.79 Å². The van der Waals surface area contributed by atoms with Crippen LogP contribution in [-0.2, 0) is 0 Å². The first-order valence-corrected chi connectivity index (χ1v) is 9.86. The van der Waals surface area contributed by atoms with Crippen molar-refractivity contribution in [3.05, 3.63) is 29.8 Å². The monoisotopic (exact) mass is 370 g/mol. The van der Waals surface area contributed by atoms with Crippen LogP contribution in [0.15, 0.2) is 24.3 Å². The van der Waals surface area contributed by atoms with E-state index in [0.29, 0.717) is 30.0 Å². The van der Waals surface area contributed by atoms with Gasteiger partial charge < -0.3 is 15.0 Å². The van der Waals surface area contributed by atoms with Gasteiger partial charge in [-0.1, -0.05) is 0 Å². The third-order valence-electron chi connectivity index (χ3n) is 5.70. The highest BCUT2D eigenvalue weighted by molar-refractivity contribution is 5.74. The molecule has 1 aromatic rings. The van der Waals surface area contributed by atoms with Crippen LogP contribution in [0.3, 0.4) is 0 Å². The fourth-order valence-corrected chi connectivity index (χ4v) is 4.51. The highest BCUT2D eigenvalue weighted by Gasteiger charge is 2.45. The van der Waals surface area contributed by atoms with E-state index in [4.69, 9.17) is 10.00 Å². The van der Waals surface area contributed by atoms with E-state index in [1.54, 1.807) is 12.1 Å². The van der Waals surface area contributed by atoms with Crippen molar-refractivity contribution in [2.24, 2.45) is 11.8 Å². The smallest absolute Gasteiger partial charge is 0.317 e. The second-order valence-electron chi connectivity index (χ2n) is 8.05. The fourth-order valence-electron chi connectivity index (χ4n) is 4.51. The van der Waals surface area contributed by atoms with Crippen LogP contribution in [0.4, 0.5) is 4.79 Å². The number of likely N-dealkylation sites (tertiary alicyclic amines) is 1.